The maximum atomic E-state index is 12.7. The average Bonchev–Trinajstić information content (AvgIpc) is 2.95. The van der Waals surface area contributed by atoms with E-state index in [1.807, 2.05) is 32.9 Å². The van der Waals surface area contributed by atoms with Crippen molar-refractivity contribution in [2.75, 3.05) is 18.5 Å². The number of carbonyl (C=O) groups is 3. The minimum Gasteiger partial charge on any atom is -0.492 e. The molecule has 0 aromatic heterocycles. The van der Waals surface area contributed by atoms with E-state index in [2.05, 4.69) is 37.2 Å². The largest absolute Gasteiger partial charge is 0.492 e. The smallest absolute Gasteiger partial charge is 0.294 e. The molecule has 162 valence electrons. The van der Waals surface area contributed by atoms with E-state index in [1.165, 1.54) is 0 Å². The van der Waals surface area contributed by atoms with E-state index in [0.29, 0.717) is 23.6 Å². The number of halogens is 2. The molecule has 3 rings (SSSR count). The van der Waals surface area contributed by atoms with Crippen molar-refractivity contribution in [2.24, 2.45) is 0 Å². The second kappa shape index (κ2) is 10.0. The van der Waals surface area contributed by atoms with E-state index in [0.717, 1.165) is 36.7 Å². The van der Waals surface area contributed by atoms with Crippen LogP contribution in [0.5, 0.6) is 5.75 Å². The summed E-state index contributed by atoms with van der Waals surface area (Å²) in [6.07, 6.45) is 1.62. The molecule has 0 unspecified atom stereocenters. The Kier molecular flexibility index (Phi) is 7.61. The Labute approximate surface area is 201 Å². The fraction of sp³-hybridized carbons (Fsp3) is 0.227. The molecule has 1 heterocycles. The summed E-state index contributed by atoms with van der Waals surface area (Å²) in [5.41, 5.74) is 3.49. The van der Waals surface area contributed by atoms with Gasteiger partial charge >= 0.3 is 0 Å². The maximum absolute atomic E-state index is 12.7. The number of imide groups is 1. The molecule has 0 spiro atoms. The van der Waals surface area contributed by atoms with Gasteiger partial charge in [0.2, 0.25) is 5.91 Å². The molecule has 2 aromatic rings. The van der Waals surface area contributed by atoms with Gasteiger partial charge in [-0.25, -0.2) is 0 Å². The SMILES string of the molecule is CCOc1c(Br)cc(/C=C2/SC(=O)N(CC(=O)Nc3ccc(C)c(C)c3)C2=O)cc1Br. The highest BCUT2D eigenvalue weighted by Crippen LogP contribution is 2.37. The molecule has 31 heavy (non-hydrogen) atoms. The molecule has 1 fully saturated rings. The molecular weight excluding hydrogens is 548 g/mol. The predicted octanol–water partition coefficient (Wildman–Crippen LogP) is 5.90. The van der Waals surface area contributed by atoms with Crippen molar-refractivity contribution in [1.29, 1.82) is 0 Å². The molecule has 9 heteroatoms. The summed E-state index contributed by atoms with van der Waals surface area (Å²) in [5.74, 6) is -0.263. The number of rotatable bonds is 6. The second-order valence-corrected chi connectivity index (χ2v) is 9.56. The first-order valence-electron chi connectivity index (χ1n) is 9.44. The summed E-state index contributed by atoms with van der Waals surface area (Å²) in [6.45, 7) is 5.99. The molecule has 1 N–H and O–H groups in total. The number of hydrogen-bond donors (Lipinski definition) is 1. The van der Waals surface area contributed by atoms with Crippen molar-refractivity contribution in [3.63, 3.8) is 0 Å². The zero-order valence-electron chi connectivity index (χ0n) is 17.1. The minimum absolute atomic E-state index is 0.256. The second-order valence-electron chi connectivity index (χ2n) is 6.86. The van der Waals surface area contributed by atoms with E-state index >= 15 is 0 Å². The lowest BCUT2D eigenvalue weighted by atomic mass is 10.1. The first-order valence-corrected chi connectivity index (χ1v) is 11.8. The number of thioether (sulfide) groups is 1. The van der Waals surface area contributed by atoms with Crippen LogP contribution in [0.25, 0.3) is 6.08 Å². The number of ether oxygens (including phenoxy) is 1. The van der Waals surface area contributed by atoms with Crippen molar-refractivity contribution in [2.45, 2.75) is 20.8 Å². The van der Waals surface area contributed by atoms with Crippen LogP contribution in [0.2, 0.25) is 0 Å². The van der Waals surface area contributed by atoms with E-state index < -0.39 is 17.1 Å². The van der Waals surface area contributed by atoms with E-state index in [4.69, 9.17) is 4.74 Å². The molecule has 0 bridgehead atoms. The zero-order valence-corrected chi connectivity index (χ0v) is 21.1. The number of nitrogens with one attached hydrogen (secondary N) is 1. The van der Waals surface area contributed by atoms with Crippen LogP contribution in [0.3, 0.4) is 0 Å². The Hall–Kier alpha value is -2.10. The fourth-order valence-corrected chi connectivity index (χ4v) is 5.19. The van der Waals surface area contributed by atoms with Crippen LogP contribution in [0.1, 0.15) is 23.6 Å². The van der Waals surface area contributed by atoms with Crippen LogP contribution in [0.4, 0.5) is 10.5 Å². The van der Waals surface area contributed by atoms with Gasteiger partial charge in [0.1, 0.15) is 12.3 Å². The summed E-state index contributed by atoms with van der Waals surface area (Å²) >= 11 is 7.72. The van der Waals surface area contributed by atoms with Gasteiger partial charge in [0.05, 0.1) is 20.5 Å². The van der Waals surface area contributed by atoms with Crippen molar-refractivity contribution in [3.05, 3.63) is 60.9 Å². The van der Waals surface area contributed by atoms with Crippen LogP contribution >= 0.6 is 43.6 Å². The monoisotopic (exact) mass is 566 g/mol. The lowest BCUT2D eigenvalue weighted by Crippen LogP contribution is -2.36. The number of anilines is 1. The first kappa shape index (κ1) is 23.6. The molecule has 3 amide bonds. The van der Waals surface area contributed by atoms with Gasteiger partial charge in [-0.2, -0.15) is 0 Å². The number of hydrogen-bond acceptors (Lipinski definition) is 5. The summed E-state index contributed by atoms with van der Waals surface area (Å²) < 4.78 is 7.01. The first-order chi connectivity index (χ1) is 14.7. The minimum atomic E-state index is -0.494. The molecular formula is C22H20Br2N2O4S. The topological polar surface area (TPSA) is 75.7 Å². The van der Waals surface area contributed by atoms with Gasteiger partial charge in [0.25, 0.3) is 11.1 Å². The predicted molar refractivity (Wildman–Crippen MR) is 130 cm³/mol. The Morgan fingerprint density at radius 3 is 2.42 bits per heavy atom. The van der Waals surface area contributed by atoms with Crippen LogP contribution < -0.4 is 10.1 Å². The molecule has 2 aromatic carbocycles. The lowest BCUT2D eigenvalue weighted by molar-refractivity contribution is -0.127. The van der Waals surface area contributed by atoms with Crippen molar-refractivity contribution < 1.29 is 19.1 Å². The Morgan fingerprint density at radius 1 is 1.13 bits per heavy atom. The lowest BCUT2D eigenvalue weighted by Gasteiger charge is -2.13. The van der Waals surface area contributed by atoms with Crippen molar-refractivity contribution in [1.82, 2.24) is 4.90 Å². The van der Waals surface area contributed by atoms with Gasteiger partial charge in [0, 0.05) is 5.69 Å². The molecule has 0 radical (unpaired) electrons. The van der Waals surface area contributed by atoms with E-state index in [1.54, 1.807) is 24.3 Å². The molecule has 1 aliphatic heterocycles. The van der Waals surface area contributed by atoms with Crippen molar-refractivity contribution in [3.8, 4) is 5.75 Å². The van der Waals surface area contributed by atoms with Gasteiger partial charge in [0.15, 0.2) is 0 Å². The van der Waals surface area contributed by atoms with Crippen molar-refractivity contribution >= 4 is 72.4 Å². The number of benzene rings is 2. The van der Waals surface area contributed by atoms with E-state index in [9.17, 15) is 14.4 Å². The fourth-order valence-electron chi connectivity index (χ4n) is 2.90. The Balaban J connectivity index is 1.73. The summed E-state index contributed by atoms with van der Waals surface area (Å²) in [6, 6.07) is 9.14. The standard InChI is InChI=1S/C22H20Br2N2O4S/c1-4-30-20-16(23)8-14(9-17(20)24)10-18-21(28)26(22(29)31-18)11-19(27)25-15-6-5-12(2)13(3)7-15/h5-10H,4,11H2,1-3H3,(H,25,27)/b18-10+. The highest BCUT2D eigenvalue weighted by molar-refractivity contribution is 9.11. The third-order valence-corrected chi connectivity index (χ3v) is 6.66. The zero-order chi connectivity index (χ0) is 22.7. The summed E-state index contributed by atoms with van der Waals surface area (Å²) in [4.78, 5) is 38.7. The van der Waals surface area contributed by atoms with Crippen LogP contribution in [-0.2, 0) is 9.59 Å². The number of carbonyl (C=O) groups excluding carboxylic acids is 3. The number of nitrogens with zero attached hydrogens (tertiary/aromatic N) is 1. The highest BCUT2D eigenvalue weighted by atomic mass is 79.9. The quantitative estimate of drug-likeness (QED) is 0.440. The molecule has 0 saturated carbocycles. The Morgan fingerprint density at radius 2 is 1.81 bits per heavy atom. The number of amides is 3. The van der Waals surface area contributed by atoms with Gasteiger partial charge in [-0.3, -0.25) is 19.3 Å². The van der Waals surface area contributed by atoms with Crippen LogP contribution in [0.15, 0.2) is 44.2 Å². The molecule has 1 saturated heterocycles. The van der Waals surface area contributed by atoms with Gasteiger partial charge < -0.3 is 10.1 Å². The molecule has 0 atom stereocenters. The van der Waals surface area contributed by atoms with Crippen LogP contribution in [0, 0.1) is 13.8 Å². The maximum Gasteiger partial charge on any atom is 0.294 e. The Bertz CT molecular complexity index is 1080. The molecule has 6 nitrogen and oxygen atoms in total. The summed E-state index contributed by atoms with van der Waals surface area (Å²) in [5, 5.41) is 2.26. The van der Waals surface area contributed by atoms with Gasteiger partial charge in [-0.05, 0) is 111 Å². The molecule has 0 aliphatic carbocycles. The average molecular weight is 568 g/mol. The number of aryl methyl sites for hydroxylation is 2. The summed E-state index contributed by atoms with van der Waals surface area (Å²) in [7, 11) is 0. The normalized spacial score (nSPS) is 15.0. The van der Waals surface area contributed by atoms with E-state index in [-0.39, 0.29) is 11.4 Å². The third-order valence-electron chi connectivity index (χ3n) is 4.57. The van der Waals surface area contributed by atoms with Gasteiger partial charge in [-0.1, -0.05) is 6.07 Å². The third kappa shape index (κ3) is 5.58. The van der Waals surface area contributed by atoms with Gasteiger partial charge in [-0.15, -0.1) is 0 Å². The molecule has 1 aliphatic rings. The highest BCUT2D eigenvalue weighted by Gasteiger charge is 2.36. The van der Waals surface area contributed by atoms with Crippen LogP contribution in [-0.4, -0.2) is 35.1 Å².